The highest BCUT2D eigenvalue weighted by molar-refractivity contribution is 8.01. The highest BCUT2D eigenvalue weighted by Gasteiger charge is 2.23. The van der Waals surface area contributed by atoms with Crippen LogP contribution in [0, 0.1) is 24.5 Å². The Balaban J connectivity index is 1.57. The second-order valence-corrected chi connectivity index (χ2v) is 10.7. The number of hydrogen-bond donors (Lipinski definition) is 1. The summed E-state index contributed by atoms with van der Waals surface area (Å²) in [5.74, 6) is 3.25. The molecule has 0 spiro atoms. The minimum Gasteiger partial charge on any atom is -0.491 e. The van der Waals surface area contributed by atoms with Crippen molar-refractivity contribution in [2.45, 2.75) is 24.7 Å². The van der Waals surface area contributed by atoms with Crippen LogP contribution in [-0.2, 0) is 9.71 Å². The third kappa shape index (κ3) is 4.81. The van der Waals surface area contributed by atoms with Crippen LogP contribution in [0.25, 0.3) is 22.0 Å². The number of fused-ring (bicyclic) bond motifs is 1. The molecule has 0 bridgehead atoms. The van der Waals surface area contributed by atoms with E-state index in [1.807, 2.05) is 19.1 Å². The topological polar surface area (TPSA) is 86.2 Å². The van der Waals surface area contributed by atoms with Crippen LogP contribution in [0.5, 0.6) is 11.6 Å². The van der Waals surface area contributed by atoms with E-state index in [1.54, 1.807) is 12.3 Å². The van der Waals surface area contributed by atoms with Crippen LogP contribution in [0.15, 0.2) is 53.8 Å². The van der Waals surface area contributed by atoms with Gasteiger partial charge in [0.1, 0.15) is 34.9 Å². The van der Waals surface area contributed by atoms with Gasteiger partial charge in [0.15, 0.2) is 0 Å². The van der Waals surface area contributed by atoms with Crippen molar-refractivity contribution >= 4 is 32.2 Å². The van der Waals surface area contributed by atoms with E-state index in [0.717, 1.165) is 47.1 Å². The first-order valence-electron chi connectivity index (χ1n) is 11.3. The lowest BCUT2D eigenvalue weighted by molar-refractivity contribution is 0.303. The Labute approximate surface area is 207 Å². The molecule has 1 unspecified atom stereocenters. The molecule has 1 saturated carbocycles. The van der Waals surface area contributed by atoms with E-state index < -0.39 is 21.3 Å². The quantitative estimate of drug-likeness (QED) is 0.329. The number of aromatic nitrogens is 3. The van der Waals surface area contributed by atoms with Gasteiger partial charge in [-0.05, 0) is 67.4 Å². The average molecular weight is 511 g/mol. The van der Waals surface area contributed by atoms with Crippen molar-refractivity contribution in [3.63, 3.8) is 0 Å². The summed E-state index contributed by atoms with van der Waals surface area (Å²) >= 11 is 0. The zero-order valence-corrected chi connectivity index (χ0v) is 20.6. The lowest BCUT2D eigenvalue weighted by Gasteiger charge is -2.17. The molecule has 0 saturated heterocycles. The smallest absolute Gasteiger partial charge is 0.238 e. The summed E-state index contributed by atoms with van der Waals surface area (Å²) in [5.41, 5.74) is 3.19. The van der Waals surface area contributed by atoms with Gasteiger partial charge in [-0.2, -0.15) is 0 Å². The summed E-state index contributed by atoms with van der Waals surface area (Å²) in [6, 6.07) is 8.29. The van der Waals surface area contributed by atoms with Gasteiger partial charge < -0.3 is 14.2 Å². The Kier molecular flexibility index (Phi) is 6.21. The van der Waals surface area contributed by atoms with Gasteiger partial charge in [0.25, 0.3) is 0 Å². The molecule has 1 fully saturated rings. The Morgan fingerprint density at radius 1 is 1.11 bits per heavy atom. The molecule has 186 valence electrons. The number of pyridine rings is 1. The van der Waals surface area contributed by atoms with E-state index in [0.29, 0.717) is 29.9 Å². The highest BCUT2D eigenvalue weighted by Crippen LogP contribution is 2.37. The number of aryl methyl sites for hydroxylation is 1. The summed E-state index contributed by atoms with van der Waals surface area (Å²) in [6.45, 7) is 2.51. The molecule has 10 heteroatoms. The molecule has 36 heavy (non-hydrogen) atoms. The van der Waals surface area contributed by atoms with Crippen molar-refractivity contribution in [1.29, 1.82) is 0 Å². The molecule has 1 aliphatic carbocycles. The van der Waals surface area contributed by atoms with Crippen LogP contribution < -0.4 is 14.2 Å². The maximum absolute atomic E-state index is 14.4. The molecular weight excluding hydrogens is 486 g/mol. The first kappa shape index (κ1) is 23.9. The van der Waals surface area contributed by atoms with Crippen LogP contribution in [0.3, 0.4) is 0 Å². The molecule has 1 N–H and O–H groups in total. The lowest BCUT2D eigenvalue weighted by atomic mass is 10.0. The standard InChI is InChI=1S/C26H24F2N4O3S/c1-15-20-8-17(10-23(25(20)31-14-30-15)35-13-16-4-5-16)18-9-22(26(34-2)29-12-18)32-36(3,33)24-7-6-19(27)11-21(24)28/h6-12,14,16H,3-5,13H2,1-2H3,(H,32,33). The third-order valence-corrected chi connectivity index (χ3v) is 7.57. The molecule has 5 rings (SSSR count). The highest BCUT2D eigenvalue weighted by atomic mass is 32.2. The third-order valence-electron chi connectivity index (χ3n) is 5.98. The fourth-order valence-electron chi connectivity index (χ4n) is 3.85. The summed E-state index contributed by atoms with van der Waals surface area (Å²) < 4.78 is 55.3. The Morgan fingerprint density at radius 2 is 1.92 bits per heavy atom. The lowest BCUT2D eigenvalue weighted by Crippen LogP contribution is -2.15. The summed E-state index contributed by atoms with van der Waals surface area (Å²) in [6.07, 6.45) is 5.43. The Bertz CT molecular complexity index is 1570. The molecule has 7 nitrogen and oxygen atoms in total. The molecule has 4 aromatic rings. The normalized spacial score (nSPS) is 14.9. The summed E-state index contributed by atoms with van der Waals surface area (Å²) in [4.78, 5) is 12.8. The molecule has 0 radical (unpaired) electrons. The van der Waals surface area contributed by atoms with Crippen molar-refractivity contribution in [2.24, 2.45) is 5.92 Å². The molecule has 0 aliphatic heterocycles. The van der Waals surface area contributed by atoms with Crippen molar-refractivity contribution in [2.75, 3.05) is 18.4 Å². The Hall–Kier alpha value is -3.79. The molecule has 1 atom stereocenters. The van der Waals surface area contributed by atoms with E-state index in [2.05, 4.69) is 25.5 Å². The van der Waals surface area contributed by atoms with Gasteiger partial charge in [-0.25, -0.2) is 27.9 Å². The number of benzene rings is 2. The zero-order valence-electron chi connectivity index (χ0n) is 19.8. The number of anilines is 1. The van der Waals surface area contributed by atoms with Gasteiger partial charge in [-0.1, -0.05) is 0 Å². The molecule has 2 aromatic heterocycles. The minimum absolute atomic E-state index is 0.142. The van der Waals surface area contributed by atoms with Gasteiger partial charge in [0.2, 0.25) is 5.88 Å². The fourth-order valence-corrected chi connectivity index (χ4v) is 5.12. The van der Waals surface area contributed by atoms with E-state index in [1.165, 1.54) is 13.4 Å². The van der Waals surface area contributed by atoms with Gasteiger partial charge in [-0.3, -0.25) is 0 Å². The van der Waals surface area contributed by atoms with Gasteiger partial charge in [0.05, 0.1) is 28.3 Å². The van der Waals surface area contributed by atoms with Gasteiger partial charge in [0, 0.05) is 28.9 Å². The van der Waals surface area contributed by atoms with E-state index >= 15 is 0 Å². The van der Waals surface area contributed by atoms with Crippen LogP contribution in [0.1, 0.15) is 18.5 Å². The van der Waals surface area contributed by atoms with Gasteiger partial charge in [-0.15, -0.1) is 0 Å². The second-order valence-electron chi connectivity index (χ2n) is 8.72. The first-order valence-corrected chi connectivity index (χ1v) is 13.0. The summed E-state index contributed by atoms with van der Waals surface area (Å²) in [5, 5.41) is 0.834. The number of nitrogens with zero attached hydrogens (tertiary/aromatic N) is 3. The number of rotatable bonds is 8. The molecule has 1 aliphatic rings. The van der Waals surface area contributed by atoms with E-state index in [-0.39, 0.29) is 16.5 Å². The van der Waals surface area contributed by atoms with Crippen LogP contribution >= 0.6 is 0 Å². The Morgan fingerprint density at radius 3 is 2.64 bits per heavy atom. The predicted octanol–water partition coefficient (Wildman–Crippen LogP) is 5.18. The number of ether oxygens (including phenoxy) is 2. The van der Waals surface area contributed by atoms with E-state index in [9.17, 15) is 13.0 Å². The maximum Gasteiger partial charge on any atom is 0.238 e. The van der Waals surface area contributed by atoms with Crippen molar-refractivity contribution < 1.29 is 22.5 Å². The zero-order chi connectivity index (χ0) is 25.4. The van der Waals surface area contributed by atoms with E-state index in [4.69, 9.17) is 9.47 Å². The molecule has 2 heterocycles. The average Bonchev–Trinajstić information content (AvgIpc) is 3.67. The van der Waals surface area contributed by atoms with Crippen molar-refractivity contribution in [3.8, 4) is 22.8 Å². The summed E-state index contributed by atoms with van der Waals surface area (Å²) in [7, 11) is -2.00. The fraction of sp³-hybridized carbons (Fsp3) is 0.231. The molecular formula is C26H24F2N4O3S. The number of hydrogen-bond acceptors (Lipinski definition) is 6. The predicted molar refractivity (Wildman–Crippen MR) is 136 cm³/mol. The number of methoxy groups -OCH3 is 1. The minimum atomic E-state index is -3.41. The van der Waals surface area contributed by atoms with Crippen molar-refractivity contribution in [3.05, 3.63) is 66.3 Å². The maximum atomic E-state index is 14.4. The van der Waals surface area contributed by atoms with Crippen LogP contribution in [-0.4, -0.2) is 38.7 Å². The molecule has 0 amide bonds. The largest absolute Gasteiger partial charge is 0.491 e. The first-order chi connectivity index (χ1) is 17.2. The molecule has 2 aromatic carbocycles. The van der Waals surface area contributed by atoms with Gasteiger partial charge >= 0.3 is 0 Å². The van der Waals surface area contributed by atoms with Crippen molar-refractivity contribution in [1.82, 2.24) is 15.0 Å². The number of nitrogens with one attached hydrogen (secondary N) is 1. The van der Waals surface area contributed by atoms with Crippen LogP contribution in [0.4, 0.5) is 14.5 Å². The van der Waals surface area contributed by atoms with Crippen LogP contribution in [0.2, 0.25) is 0 Å². The monoisotopic (exact) mass is 510 g/mol. The number of halogens is 2. The second kappa shape index (κ2) is 9.34. The SMILES string of the molecule is C=S(=O)(Nc1cc(-c2cc(OCC3CC3)c3ncnc(C)c3c2)cnc1OC)c1ccc(F)cc1F.